The average Bonchev–Trinajstić information content (AvgIpc) is 2.51. The second kappa shape index (κ2) is 10.6. The third-order valence-corrected chi connectivity index (χ3v) is 3.82. The van der Waals surface area contributed by atoms with Gasteiger partial charge in [0, 0.05) is 30.2 Å². The van der Waals surface area contributed by atoms with Gasteiger partial charge in [-0.3, -0.25) is 4.79 Å². The third-order valence-electron chi connectivity index (χ3n) is 3.08. The first kappa shape index (κ1) is 21.7. The predicted octanol–water partition coefficient (Wildman–Crippen LogP) is 2.88. The molecule has 0 heterocycles. The maximum atomic E-state index is 11.9. The highest BCUT2D eigenvalue weighted by Crippen LogP contribution is 2.34. The number of methoxy groups -OCH3 is 1. The van der Waals surface area contributed by atoms with Crippen molar-refractivity contribution < 1.29 is 19.0 Å². The predicted molar refractivity (Wildman–Crippen MR) is 102 cm³/mol. The molecule has 6 nitrogen and oxygen atoms in total. The molecule has 25 heavy (non-hydrogen) atoms. The lowest BCUT2D eigenvalue weighted by atomic mass is 10.1. The molecule has 0 aliphatic carbocycles. The summed E-state index contributed by atoms with van der Waals surface area (Å²) in [6, 6.07) is 3.76. The topological polar surface area (TPSA) is 68.8 Å². The molecule has 2 N–H and O–H groups in total. The molecular formula is C18H29BrN2O4. The minimum absolute atomic E-state index is 0.0603. The van der Waals surface area contributed by atoms with Gasteiger partial charge in [-0.25, -0.2) is 0 Å². The first-order valence-corrected chi connectivity index (χ1v) is 9.14. The Morgan fingerprint density at radius 2 is 1.88 bits per heavy atom. The molecular weight excluding hydrogens is 388 g/mol. The van der Waals surface area contributed by atoms with E-state index in [1.165, 1.54) is 0 Å². The molecule has 0 spiro atoms. The SMILES string of the molecule is CCOc1cc(CNCCOC)c(Br)cc1OCC(=O)NC(C)(C)C. The number of carbonyl (C=O) groups is 1. The summed E-state index contributed by atoms with van der Waals surface area (Å²) in [5.41, 5.74) is 0.757. The Morgan fingerprint density at radius 3 is 2.48 bits per heavy atom. The molecule has 0 aromatic heterocycles. The maximum Gasteiger partial charge on any atom is 0.258 e. The van der Waals surface area contributed by atoms with Crippen LogP contribution < -0.4 is 20.1 Å². The zero-order chi connectivity index (χ0) is 18.9. The van der Waals surface area contributed by atoms with E-state index in [0.717, 1.165) is 16.6 Å². The molecule has 0 atom stereocenters. The number of hydrogen-bond acceptors (Lipinski definition) is 5. The van der Waals surface area contributed by atoms with Gasteiger partial charge in [-0.05, 0) is 45.4 Å². The summed E-state index contributed by atoms with van der Waals surface area (Å²) in [6.07, 6.45) is 0. The Hall–Kier alpha value is -1.31. The van der Waals surface area contributed by atoms with Gasteiger partial charge in [0.15, 0.2) is 18.1 Å². The van der Waals surface area contributed by atoms with Crippen molar-refractivity contribution >= 4 is 21.8 Å². The highest BCUT2D eigenvalue weighted by atomic mass is 79.9. The highest BCUT2D eigenvalue weighted by Gasteiger charge is 2.16. The van der Waals surface area contributed by atoms with E-state index < -0.39 is 0 Å². The van der Waals surface area contributed by atoms with Gasteiger partial charge in [-0.15, -0.1) is 0 Å². The van der Waals surface area contributed by atoms with Crippen LogP contribution in [0, 0.1) is 0 Å². The van der Waals surface area contributed by atoms with Crippen LogP contribution in [0.1, 0.15) is 33.3 Å². The third kappa shape index (κ3) is 8.56. The molecule has 0 bridgehead atoms. The van der Waals surface area contributed by atoms with E-state index in [0.29, 0.717) is 31.3 Å². The molecule has 1 aromatic rings. The normalized spacial score (nSPS) is 11.3. The minimum atomic E-state index is -0.290. The van der Waals surface area contributed by atoms with E-state index in [1.54, 1.807) is 7.11 Å². The van der Waals surface area contributed by atoms with Gasteiger partial charge in [0.1, 0.15) is 0 Å². The van der Waals surface area contributed by atoms with Crippen LogP contribution >= 0.6 is 15.9 Å². The molecule has 0 aliphatic heterocycles. The summed E-state index contributed by atoms with van der Waals surface area (Å²) < 4.78 is 17.3. The van der Waals surface area contributed by atoms with Crippen LogP contribution in [0.15, 0.2) is 16.6 Å². The Labute approximate surface area is 158 Å². The van der Waals surface area contributed by atoms with Gasteiger partial charge < -0.3 is 24.8 Å². The molecule has 142 valence electrons. The second-order valence-corrected chi connectivity index (χ2v) is 7.43. The Balaban J connectivity index is 2.77. The molecule has 0 radical (unpaired) electrons. The summed E-state index contributed by atoms with van der Waals surface area (Å²) in [4.78, 5) is 11.9. The number of benzene rings is 1. The number of amides is 1. The first-order valence-electron chi connectivity index (χ1n) is 8.35. The summed E-state index contributed by atoms with van der Waals surface area (Å²) in [6.45, 7) is 10.2. The monoisotopic (exact) mass is 416 g/mol. The minimum Gasteiger partial charge on any atom is -0.490 e. The zero-order valence-corrected chi connectivity index (χ0v) is 17.3. The number of nitrogens with one attached hydrogen (secondary N) is 2. The van der Waals surface area contributed by atoms with E-state index in [1.807, 2.05) is 39.8 Å². The highest BCUT2D eigenvalue weighted by molar-refractivity contribution is 9.10. The lowest BCUT2D eigenvalue weighted by Gasteiger charge is -2.21. The number of rotatable bonds is 10. The molecule has 1 rings (SSSR count). The van der Waals surface area contributed by atoms with E-state index >= 15 is 0 Å². The van der Waals surface area contributed by atoms with E-state index in [9.17, 15) is 4.79 Å². The quantitative estimate of drug-likeness (QED) is 0.573. The number of halogens is 1. The average molecular weight is 417 g/mol. The maximum absolute atomic E-state index is 11.9. The molecule has 1 amide bonds. The standard InChI is InChI=1S/C18H29BrN2O4/c1-6-24-15-9-13(11-20-7-8-23-5)14(19)10-16(15)25-12-17(22)21-18(2,3)4/h9-10,20H,6-8,11-12H2,1-5H3,(H,21,22). The smallest absolute Gasteiger partial charge is 0.258 e. The summed E-state index contributed by atoms with van der Waals surface area (Å²) in [5, 5.41) is 6.16. The van der Waals surface area contributed by atoms with Crippen molar-refractivity contribution in [1.29, 1.82) is 0 Å². The fraction of sp³-hybridized carbons (Fsp3) is 0.611. The lowest BCUT2D eigenvalue weighted by molar-refractivity contribution is -0.124. The van der Waals surface area contributed by atoms with Crippen molar-refractivity contribution in [3.8, 4) is 11.5 Å². The summed E-state index contributed by atoms with van der Waals surface area (Å²) in [5.74, 6) is 0.993. The summed E-state index contributed by atoms with van der Waals surface area (Å²) >= 11 is 3.55. The van der Waals surface area contributed by atoms with Crippen LogP contribution in [-0.4, -0.2) is 44.9 Å². The Morgan fingerprint density at radius 1 is 1.20 bits per heavy atom. The van der Waals surface area contributed by atoms with Crippen LogP contribution in [0.25, 0.3) is 0 Å². The van der Waals surface area contributed by atoms with Crippen molar-refractivity contribution in [3.05, 3.63) is 22.2 Å². The van der Waals surface area contributed by atoms with E-state index in [-0.39, 0.29) is 18.1 Å². The van der Waals surface area contributed by atoms with Crippen molar-refractivity contribution in [1.82, 2.24) is 10.6 Å². The van der Waals surface area contributed by atoms with Gasteiger partial charge in [0.25, 0.3) is 5.91 Å². The number of hydrogen-bond donors (Lipinski definition) is 2. The molecule has 0 unspecified atom stereocenters. The molecule has 0 aliphatic rings. The van der Waals surface area contributed by atoms with Crippen molar-refractivity contribution in [3.63, 3.8) is 0 Å². The fourth-order valence-electron chi connectivity index (χ4n) is 2.09. The van der Waals surface area contributed by atoms with Gasteiger partial charge >= 0.3 is 0 Å². The van der Waals surface area contributed by atoms with Crippen LogP contribution in [0.5, 0.6) is 11.5 Å². The fourth-order valence-corrected chi connectivity index (χ4v) is 2.55. The van der Waals surface area contributed by atoms with E-state index in [2.05, 4.69) is 26.6 Å². The lowest BCUT2D eigenvalue weighted by Crippen LogP contribution is -2.43. The van der Waals surface area contributed by atoms with Crippen LogP contribution in [0.2, 0.25) is 0 Å². The Kier molecular flexibility index (Phi) is 9.24. The van der Waals surface area contributed by atoms with E-state index in [4.69, 9.17) is 14.2 Å². The second-order valence-electron chi connectivity index (χ2n) is 6.58. The molecule has 0 saturated heterocycles. The van der Waals surface area contributed by atoms with Gasteiger partial charge in [-0.2, -0.15) is 0 Å². The van der Waals surface area contributed by atoms with Crippen LogP contribution in [0.4, 0.5) is 0 Å². The first-order chi connectivity index (χ1) is 11.8. The van der Waals surface area contributed by atoms with Gasteiger partial charge in [-0.1, -0.05) is 15.9 Å². The molecule has 0 fully saturated rings. The van der Waals surface area contributed by atoms with Gasteiger partial charge in [0.05, 0.1) is 13.2 Å². The molecule has 1 aromatic carbocycles. The van der Waals surface area contributed by atoms with Crippen LogP contribution in [0.3, 0.4) is 0 Å². The number of carbonyl (C=O) groups excluding carboxylic acids is 1. The summed E-state index contributed by atoms with van der Waals surface area (Å²) in [7, 11) is 1.67. The Bertz CT molecular complexity index is 559. The largest absolute Gasteiger partial charge is 0.490 e. The zero-order valence-electron chi connectivity index (χ0n) is 15.7. The molecule has 7 heteroatoms. The van der Waals surface area contributed by atoms with Crippen LogP contribution in [-0.2, 0) is 16.1 Å². The molecule has 0 saturated carbocycles. The van der Waals surface area contributed by atoms with Gasteiger partial charge in [0.2, 0.25) is 0 Å². The van der Waals surface area contributed by atoms with Crippen molar-refractivity contribution in [2.75, 3.05) is 33.5 Å². The van der Waals surface area contributed by atoms with Crippen molar-refractivity contribution in [2.24, 2.45) is 0 Å². The number of ether oxygens (including phenoxy) is 3. The van der Waals surface area contributed by atoms with Crippen molar-refractivity contribution in [2.45, 2.75) is 39.8 Å².